The highest BCUT2D eigenvalue weighted by atomic mass is 28.6. The first-order valence-corrected chi connectivity index (χ1v) is 43.6. The van der Waals surface area contributed by atoms with Crippen molar-refractivity contribution in [2.24, 2.45) is 0 Å². The van der Waals surface area contributed by atoms with Gasteiger partial charge in [0.15, 0.2) is 16.6 Å². The van der Waals surface area contributed by atoms with Crippen molar-refractivity contribution in [1.82, 2.24) is 0 Å². The molecule has 3 aliphatic rings. The van der Waals surface area contributed by atoms with E-state index in [4.69, 9.17) is 53.8 Å². The molecule has 0 N–H and O–H groups in total. The van der Waals surface area contributed by atoms with Crippen molar-refractivity contribution >= 4 is 86.8 Å². The van der Waals surface area contributed by atoms with Gasteiger partial charge in [-0.05, 0) is 52.4 Å². The summed E-state index contributed by atoms with van der Waals surface area (Å²) in [5.41, 5.74) is 0. The Kier molecular flexibility index (Phi) is 17.5. The van der Waals surface area contributed by atoms with Crippen molar-refractivity contribution in [3.63, 3.8) is 0 Å². The van der Waals surface area contributed by atoms with Crippen molar-refractivity contribution < 1.29 is 53.8 Å². The van der Waals surface area contributed by atoms with Gasteiger partial charge in [0.05, 0.1) is 0 Å². The summed E-state index contributed by atoms with van der Waals surface area (Å²) >= 11 is 0. The molecule has 23 heteroatoms. The lowest BCUT2D eigenvalue weighted by Gasteiger charge is -2.59. The van der Waals surface area contributed by atoms with E-state index >= 15 is 0 Å². The summed E-state index contributed by atoms with van der Waals surface area (Å²) < 4.78 is 96.7. The summed E-state index contributed by atoms with van der Waals surface area (Å²) in [7, 11) is -32.2. The summed E-state index contributed by atoms with van der Waals surface area (Å²) in [5.74, 6) is 0. The van der Waals surface area contributed by atoms with Gasteiger partial charge >= 0.3 is 70.2 Å². The number of fused-ring (bicyclic) bond motifs is 3. The second-order valence-electron chi connectivity index (χ2n) is 17.1. The molecule has 314 valence electrons. The van der Waals surface area contributed by atoms with E-state index in [1.165, 1.54) is 0 Å². The summed E-state index contributed by atoms with van der Waals surface area (Å²) in [4.78, 5) is 0. The summed E-state index contributed by atoms with van der Waals surface area (Å²) in [6.07, 6.45) is 5.18. The molecule has 0 aromatic carbocycles. The minimum Gasteiger partial charge on any atom is -0.437 e. The van der Waals surface area contributed by atoms with Crippen molar-refractivity contribution in [1.29, 1.82) is 0 Å². The van der Waals surface area contributed by atoms with Gasteiger partial charge in [-0.3, -0.25) is 0 Å². The molecule has 3 fully saturated rings. The van der Waals surface area contributed by atoms with Crippen LogP contribution < -0.4 is 0 Å². The third-order valence-corrected chi connectivity index (χ3v) is 50.5. The molecule has 7 atom stereocenters. The Labute approximate surface area is 334 Å². The minimum atomic E-state index is -3.88. The fourth-order valence-electron chi connectivity index (χ4n) is 7.48. The number of hydrogen-bond donors (Lipinski definition) is 0. The van der Waals surface area contributed by atoms with E-state index in [9.17, 15) is 0 Å². The molecule has 3 aliphatic heterocycles. The Morgan fingerprint density at radius 3 is 0.925 bits per heavy atom. The SMILES string of the molecule is CCC[Si]1(O[Si](C)(C)C)O[Si]2(CCC)O[Si](CCC)(O[Si](C)(C)O[Si](C)(C)C)O[Si]3(CCC)O[Si](CCC)(O2)O[Si](CCC)(O1)O[Si@@](CCC)(OC)O3. The van der Waals surface area contributed by atoms with Crippen LogP contribution in [0.25, 0.3) is 0 Å². The van der Waals surface area contributed by atoms with Crippen molar-refractivity contribution in [2.45, 2.75) is 188 Å². The van der Waals surface area contributed by atoms with Crippen LogP contribution in [0.3, 0.4) is 0 Å². The van der Waals surface area contributed by atoms with E-state index < -0.39 is 86.8 Å². The third-order valence-electron chi connectivity index (χ3n) is 8.42. The van der Waals surface area contributed by atoms with E-state index in [2.05, 4.69) is 101 Å². The molecule has 3 saturated heterocycles. The highest BCUT2D eigenvalue weighted by Crippen LogP contribution is 2.50. The normalized spacial score (nSPS) is 37.1. The van der Waals surface area contributed by atoms with E-state index in [1.54, 1.807) is 7.11 Å². The van der Waals surface area contributed by atoms with Crippen LogP contribution in [0.1, 0.15) is 93.4 Å². The van der Waals surface area contributed by atoms with Crippen LogP contribution in [-0.4, -0.2) is 93.9 Å². The molecular weight excluding hydrogens is 849 g/mol. The van der Waals surface area contributed by atoms with Gasteiger partial charge < -0.3 is 53.8 Å². The van der Waals surface area contributed by atoms with Gasteiger partial charge in [0.25, 0.3) is 0 Å². The Balaban J connectivity index is 2.59. The molecule has 6 unspecified atom stereocenters. The maximum Gasteiger partial charge on any atom is 0.485 e. The highest BCUT2D eigenvalue weighted by molar-refractivity contribution is 7.00. The van der Waals surface area contributed by atoms with Crippen LogP contribution in [0.5, 0.6) is 0 Å². The lowest BCUT2D eigenvalue weighted by molar-refractivity contribution is 0.00554. The van der Waals surface area contributed by atoms with Crippen LogP contribution in [0.4, 0.5) is 0 Å². The molecule has 0 amide bonds. The second-order valence-corrected chi connectivity index (χ2v) is 51.6. The topological polar surface area (TPSA) is 120 Å². The molecule has 0 aromatic rings. The molecular formula is C30H76O13Si10. The van der Waals surface area contributed by atoms with Gasteiger partial charge in [-0.1, -0.05) is 93.4 Å². The molecule has 3 rings (SSSR count). The average molecular weight is 926 g/mol. The van der Waals surface area contributed by atoms with Crippen molar-refractivity contribution in [3.8, 4) is 0 Å². The van der Waals surface area contributed by atoms with Crippen LogP contribution in [-0.2, 0) is 53.8 Å². The van der Waals surface area contributed by atoms with Gasteiger partial charge in [-0.2, -0.15) is 0 Å². The Morgan fingerprint density at radius 2 is 0.642 bits per heavy atom. The Hall–Kier alpha value is 1.65. The predicted octanol–water partition coefficient (Wildman–Crippen LogP) is 9.69. The Bertz CT molecular complexity index is 1170. The average Bonchev–Trinajstić information content (AvgIpc) is 2.93. The fourth-order valence-corrected chi connectivity index (χ4v) is 61.3. The van der Waals surface area contributed by atoms with Gasteiger partial charge in [-0.25, -0.2) is 0 Å². The monoisotopic (exact) mass is 924 g/mol. The quantitative estimate of drug-likeness (QED) is 0.102. The van der Waals surface area contributed by atoms with Gasteiger partial charge in [0.1, 0.15) is 0 Å². The van der Waals surface area contributed by atoms with Gasteiger partial charge in [-0.15, -0.1) is 0 Å². The summed E-state index contributed by atoms with van der Waals surface area (Å²) in [6, 6.07) is 3.58. The maximum absolute atomic E-state index is 7.74. The lowest BCUT2D eigenvalue weighted by atomic mass is 10.6. The number of hydrogen-bond acceptors (Lipinski definition) is 13. The standard InChI is InChI=1S/C30H76O13Si10/c1-17-24-47(31-8)35-50(27-20-4)37-48(25-18-2,33-45(12,13)14)38-52(29-22-6)40-49(26-19-3,34-46(15,16)32-44(9,10)11)39-51(36-47,28-21-5)42-53(41-50,43-52)30-23-7/h17-30H2,1-16H3/t47-,48?,49?,50?,51?,52?,53?/m1/s1. The zero-order chi connectivity index (χ0) is 40.1. The molecule has 4 bridgehead atoms. The van der Waals surface area contributed by atoms with Crippen molar-refractivity contribution in [3.05, 3.63) is 0 Å². The van der Waals surface area contributed by atoms with Crippen LogP contribution in [0.15, 0.2) is 0 Å². The predicted molar refractivity (Wildman–Crippen MR) is 230 cm³/mol. The van der Waals surface area contributed by atoms with E-state index in [0.29, 0.717) is 42.3 Å². The maximum atomic E-state index is 7.74. The van der Waals surface area contributed by atoms with Crippen LogP contribution >= 0.6 is 0 Å². The molecule has 13 nitrogen and oxygen atoms in total. The van der Waals surface area contributed by atoms with Gasteiger partial charge in [0, 0.05) is 49.4 Å². The molecule has 3 heterocycles. The minimum absolute atomic E-state index is 0.491. The third kappa shape index (κ3) is 13.1. The first-order chi connectivity index (χ1) is 24.5. The summed E-state index contributed by atoms with van der Waals surface area (Å²) in [6.45, 7) is 32.1. The molecule has 0 aliphatic carbocycles. The zero-order valence-corrected chi connectivity index (χ0v) is 46.2. The molecule has 0 saturated carbocycles. The second kappa shape index (κ2) is 18.9. The van der Waals surface area contributed by atoms with Crippen molar-refractivity contribution in [2.75, 3.05) is 7.11 Å². The largest absolute Gasteiger partial charge is 0.485 e. The van der Waals surface area contributed by atoms with Crippen LogP contribution in [0, 0.1) is 0 Å². The van der Waals surface area contributed by atoms with Gasteiger partial charge in [0.2, 0.25) is 0 Å². The fraction of sp³-hybridized carbons (Fsp3) is 1.00. The lowest BCUT2D eigenvalue weighted by Crippen LogP contribution is -2.83. The molecule has 0 aromatic heterocycles. The molecule has 53 heavy (non-hydrogen) atoms. The highest BCUT2D eigenvalue weighted by Gasteiger charge is 2.77. The van der Waals surface area contributed by atoms with E-state index in [1.807, 2.05) is 0 Å². The van der Waals surface area contributed by atoms with E-state index in [0.717, 1.165) is 44.9 Å². The number of rotatable bonds is 21. The van der Waals surface area contributed by atoms with E-state index in [-0.39, 0.29) is 0 Å². The van der Waals surface area contributed by atoms with Crippen LogP contribution in [0.2, 0.25) is 94.7 Å². The smallest absolute Gasteiger partial charge is 0.437 e. The first-order valence-electron chi connectivity index (χ1n) is 20.4. The summed E-state index contributed by atoms with van der Waals surface area (Å²) in [5, 5.41) is 0. The first kappa shape index (κ1) is 49.0. The zero-order valence-electron chi connectivity index (χ0n) is 36.2. The molecule has 0 spiro atoms. The molecule has 0 radical (unpaired) electrons. The Morgan fingerprint density at radius 1 is 0.358 bits per heavy atom.